The summed E-state index contributed by atoms with van der Waals surface area (Å²) in [7, 11) is 0. The number of halogens is 1. The van der Waals surface area contributed by atoms with Gasteiger partial charge in [0.25, 0.3) is 0 Å². The molecule has 0 N–H and O–H groups in total. The molecular formula is C16H18ClN3O2. The molecule has 0 radical (unpaired) electrons. The molecule has 0 saturated carbocycles. The summed E-state index contributed by atoms with van der Waals surface area (Å²) in [5.74, 6) is 1.28. The van der Waals surface area contributed by atoms with Gasteiger partial charge in [0.15, 0.2) is 0 Å². The Balaban J connectivity index is 1.63. The number of carbonyl (C=O) groups excluding carboxylic acids is 1. The zero-order valence-corrected chi connectivity index (χ0v) is 13.0. The van der Waals surface area contributed by atoms with Gasteiger partial charge in [0.2, 0.25) is 0 Å². The Morgan fingerprint density at radius 1 is 1.14 bits per heavy atom. The number of hydrogen-bond donors (Lipinski definition) is 0. The molecule has 5 nitrogen and oxygen atoms in total. The molecule has 3 rings (SSSR count). The Morgan fingerprint density at radius 3 is 2.68 bits per heavy atom. The van der Waals surface area contributed by atoms with Crippen molar-refractivity contribution in [2.45, 2.75) is 0 Å². The topological polar surface area (TPSA) is 45.7 Å². The van der Waals surface area contributed by atoms with Gasteiger partial charge >= 0.3 is 6.09 Å². The lowest BCUT2D eigenvalue weighted by atomic mass is 10.2. The number of piperazine rings is 1. The number of pyridine rings is 1. The van der Waals surface area contributed by atoms with E-state index in [0.717, 1.165) is 29.8 Å². The number of aromatic nitrogens is 1. The quantitative estimate of drug-likeness (QED) is 0.816. The van der Waals surface area contributed by atoms with E-state index < -0.39 is 0 Å². The molecule has 22 heavy (non-hydrogen) atoms. The van der Waals surface area contributed by atoms with Crippen molar-refractivity contribution in [2.24, 2.45) is 0 Å². The first kappa shape index (κ1) is 14.9. The van der Waals surface area contributed by atoms with Crippen molar-refractivity contribution < 1.29 is 9.53 Å². The number of hydrogen-bond acceptors (Lipinski definition) is 4. The number of benzene rings is 1. The van der Waals surface area contributed by atoms with Crippen LogP contribution in [0.25, 0.3) is 10.9 Å². The number of anilines is 1. The van der Waals surface area contributed by atoms with E-state index in [2.05, 4.69) is 17.0 Å². The molecule has 1 saturated heterocycles. The van der Waals surface area contributed by atoms with Gasteiger partial charge in [-0.25, -0.2) is 9.78 Å². The third-order valence-electron chi connectivity index (χ3n) is 3.75. The van der Waals surface area contributed by atoms with Gasteiger partial charge in [-0.3, -0.25) is 0 Å². The van der Waals surface area contributed by atoms with E-state index in [1.54, 1.807) is 4.90 Å². The average molecular weight is 320 g/mol. The molecular weight excluding hydrogens is 302 g/mol. The van der Waals surface area contributed by atoms with Gasteiger partial charge in [-0.15, -0.1) is 11.6 Å². The molecule has 2 heterocycles. The minimum absolute atomic E-state index is 0.257. The van der Waals surface area contributed by atoms with E-state index in [9.17, 15) is 4.79 Å². The minimum atomic E-state index is -0.285. The summed E-state index contributed by atoms with van der Waals surface area (Å²) in [4.78, 5) is 20.4. The first-order chi connectivity index (χ1) is 10.8. The number of alkyl halides is 1. The molecule has 1 amide bonds. The van der Waals surface area contributed by atoms with Gasteiger partial charge in [-0.05, 0) is 18.2 Å². The molecule has 1 fully saturated rings. The maximum atomic E-state index is 11.8. The molecule has 0 aliphatic carbocycles. The Hall–Kier alpha value is -2.01. The van der Waals surface area contributed by atoms with Crippen LogP contribution < -0.4 is 4.90 Å². The fourth-order valence-corrected chi connectivity index (χ4v) is 2.64. The Kier molecular flexibility index (Phi) is 4.63. The molecule has 1 aliphatic rings. The van der Waals surface area contributed by atoms with Crippen molar-refractivity contribution in [3.63, 3.8) is 0 Å². The largest absolute Gasteiger partial charge is 0.448 e. The van der Waals surface area contributed by atoms with E-state index in [1.165, 1.54) is 0 Å². The van der Waals surface area contributed by atoms with E-state index >= 15 is 0 Å². The van der Waals surface area contributed by atoms with E-state index in [1.807, 2.05) is 24.3 Å². The number of nitrogens with zero attached hydrogens (tertiary/aromatic N) is 3. The van der Waals surface area contributed by atoms with Crippen molar-refractivity contribution in [1.82, 2.24) is 9.88 Å². The molecule has 1 aliphatic heterocycles. The molecule has 2 aromatic rings. The van der Waals surface area contributed by atoms with E-state index in [0.29, 0.717) is 19.0 Å². The second-order valence-corrected chi connectivity index (χ2v) is 5.52. The van der Waals surface area contributed by atoms with E-state index in [-0.39, 0.29) is 12.7 Å². The minimum Gasteiger partial charge on any atom is -0.448 e. The summed E-state index contributed by atoms with van der Waals surface area (Å²) in [6, 6.07) is 12.2. The zero-order chi connectivity index (χ0) is 15.4. The van der Waals surface area contributed by atoms with Crippen LogP contribution in [0.15, 0.2) is 36.4 Å². The number of fused-ring (bicyclic) bond motifs is 1. The summed E-state index contributed by atoms with van der Waals surface area (Å²) < 4.78 is 5.05. The number of rotatable bonds is 3. The normalized spacial score (nSPS) is 15.1. The summed E-state index contributed by atoms with van der Waals surface area (Å²) >= 11 is 5.52. The SMILES string of the molecule is O=C(OCCCl)N1CCN(c2ccc3ccccc3n2)CC1. The lowest BCUT2D eigenvalue weighted by Gasteiger charge is -2.34. The van der Waals surface area contributed by atoms with Crippen LogP contribution >= 0.6 is 11.6 Å². The Labute approximate surface area is 134 Å². The van der Waals surface area contributed by atoms with Gasteiger partial charge in [-0.2, -0.15) is 0 Å². The lowest BCUT2D eigenvalue weighted by Crippen LogP contribution is -2.49. The van der Waals surface area contributed by atoms with Crippen molar-refractivity contribution in [2.75, 3.05) is 43.6 Å². The van der Waals surface area contributed by atoms with Crippen LogP contribution in [-0.4, -0.2) is 54.6 Å². The van der Waals surface area contributed by atoms with Crippen LogP contribution in [0.3, 0.4) is 0 Å². The monoisotopic (exact) mass is 319 g/mol. The summed E-state index contributed by atoms with van der Waals surface area (Å²) in [5.41, 5.74) is 0.990. The van der Waals surface area contributed by atoms with Gasteiger partial charge in [-0.1, -0.05) is 18.2 Å². The summed E-state index contributed by atoms with van der Waals surface area (Å²) in [6.45, 7) is 3.03. The second kappa shape index (κ2) is 6.83. The predicted molar refractivity (Wildman–Crippen MR) is 87.6 cm³/mol. The molecule has 1 aromatic heterocycles. The highest BCUT2D eigenvalue weighted by molar-refractivity contribution is 6.18. The van der Waals surface area contributed by atoms with Crippen molar-refractivity contribution in [3.8, 4) is 0 Å². The number of carbonyl (C=O) groups is 1. The maximum absolute atomic E-state index is 11.8. The lowest BCUT2D eigenvalue weighted by molar-refractivity contribution is 0.105. The Morgan fingerprint density at radius 2 is 1.91 bits per heavy atom. The third-order valence-corrected chi connectivity index (χ3v) is 3.90. The van der Waals surface area contributed by atoms with Crippen LogP contribution in [0.2, 0.25) is 0 Å². The number of para-hydroxylation sites is 1. The zero-order valence-electron chi connectivity index (χ0n) is 12.2. The molecule has 116 valence electrons. The maximum Gasteiger partial charge on any atom is 0.409 e. The second-order valence-electron chi connectivity index (χ2n) is 5.14. The molecule has 6 heteroatoms. The fraction of sp³-hybridized carbons (Fsp3) is 0.375. The molecule has 0 bridgehead atoms. The van der Waals surface area contributed by atoms with Crippen LogP contribution in [0.4, 0.5) is 10.6 Å². The van der Waals surface area contributed by atoms with Crippen LogP contribution in [0.1, 0.15) is 0 Å². The highest BCUT2D eigenvalue weighted by Crippen LogP contribution is 2.19. The fourth-order valence-electron chi connectivity index (χ4n) is 2.57. The molecule has 0 spiro atoms. The van der Waals surface area contributed by atoms with Crippen molar-refractivity contribution in [3.05, 3.63) is 36.4 Å². The summed E-state index contributed by atoms with van der Waals surface area (Å²) in [5, 5.41) is 1.13. The molecule has 0 atom stereocenters. The van der Waals surface area contributed by atoms with Gasteiger partial charge in [0.05, 0.1) is 11.4 Å². The van der Waals surface area contributed by atoms with Gasteiger partial charge in [0, 0.05) is 31.6 Å². The predicted octanol–water partition coefficient (Wildman–Crippen LogP) is 2.73. The smallest absolute Gasteiger partial charge is 0.409 e. The number of ether oxygens (including phenoxy) is 1. The van der Waals surface area contributed by atoms with Crippen molar-refractivity contribution >= 4 is 34.4 Å². The first-order valence-corrected chi connectivity index (χ1v) is 7.90. The molecule has 0 unspecified atom stereocenters. The van der Waals surface area contributed by atoms with Crippen molar-refractivity contribution in [1.29, 1.82) is 0 Å². The average Bonchev–Trinajstić information content (AvgIpc) is 2.59. The van der Waals surface area contributed by atoms with E-state index in [4.69, 9.17) is 21.3 Å². The van der Waals surface area contributed by atoms with Crippen LogP contribution in [0.5, 0.6) is 0 Å². The summed E-state index contributed by atoms with van der Waals surface area (Å²) in [6.07, 6.45) is -0.285. The Bertz CT molecular complexity index is 657. The number of amides is 1. The highest BCUT2D eigenvalue weighted by atomic mass is 35.5. The van der Waals surface area contributed by atoms with Crippen LogP contribution in [0, 0.1) is 0 Å². The first-order valence-electron chi connectivity index (χ1n) is 7.36. The molecule has 1 aromatic carbocycles. The van der Waals surface area contributed by atoms with Gasteiger partial charge in [0.1, 0.15) is 12.4 Å². The van der Waals surface area contributed by atoms with Gasteiger partial charge < -0.3 is 14.5 Å². The third kappa shape index (κ3) is 3.25. The highest BCUT2D eigenvalue weighted by Gasteiger charge is 2.22. The standard InChI is InChI=1S/C16H18ClN3O2/c17-7-12-22-16(21)20-10-8-19(9-11-20)15-6-5-13-3-1-2-4-14(13)18-15/h1-6H,7-12H2. The van der Waals surface area contributed by atoms with Crippen LogP contribution in [-0.2, 0) is 4.74 Å².